The van der Waals surface area contributed by atoms with Crippen molar-refractivity contribution in [1.29, 1.82) is 0 Å². The maximum absolute atomic E-state index is 13.4. The Kier molecular flexibility index (Phi) is 6.29. The Balaban J connectivity index is 1.56. The van der Waals surface area contributed by atoms with Crippen molar-refractivity contribution in [2.75, 3.05) is 11.1 Å². The highest BCUT2D eigenvalue weighted by molar-refractivity contribution is 7.99. The highest BCUT2D eigenvalue weighted by Crippen LogP contribution is 2.51. The Morgan fingerprint density at radius 2 is 1.77 bits per heavy atom. The standard InChI is InChI=1S/C26H25N5O2S2/c1-5-34-17-9-7-16(8-10-17)20-13-12-19-21(26(3,4)24(32)30-25-31-27-14-35-25)18-11-6-15(2)28-22(18)33-23(19)29-20/h6-14,21H,5H2,1-4H3,(H,30,31,32)/t21-/m0/s1. The number of hydrogen-bond donors (Lipinski definition) is 1. The van der Waals surface area contributed by atoms with Crippen LogP contribution in [-0.4, -0.2) is 31.8 Å². The Morgan fingerprint density at radius 1 is 1.06 bits per heavy atom. The molecule has 1 amide bonds. The molecule has 5 rings (SSSR count). The molecule has 0 saturated heterocycles. The van der Waals surface area contributed by atoms with Crippen molar-refractivity contribution in [3.63, 3.8) is 0 Å². The Labute approximate surface area is 212 Å². The number of nitrogens with one attached hydrogen (secondary N) is 1. The van der Waals surface area contributed by atoms with Crippen molar-refractivity contribution >= 4 is 34.1 Å². The van der Waals surface area contributed by atoms with E-state index in [2.05, 4.69) is 51.7 Å². The number of pyridine rings is 2. The van der Waals surface area contributed by atoms with Gasteiger partial charge in [-0.1, -0.05) is 56.4 Å². The van der Waals surface area contributed by atoms with E-state index in [1.54, 1.807) is 17.3 Å². The van der Waals surface area contributed by atoms with Crippen LogP contribution < -0.4 is 10.1 Å². The molecule has 0 fully saturated rings. The third-order valence-corrected chi connectivity index (χ3v) is 7.58. The molecule has 0 saturated carbocycles. The summed E-state index contributed by atoms with van der Waals surface area (Å²) in [6.07, 6.45) is 0. The molecule has 1 aliphatic heterocycles. The minimum absolute atomic E-state index is 0.160. The molecule has 35 heavy (non-hydrogen) atoms. The number of aryl methyl sites for hydroxylation is 1. The molecule has 0 radical (unpaired) electrons. The van der Waals surface area contributed by atoms with Gasteiger partial charge in [0, 0.05) is 33.2 Å². The number of thioether (sulfide) groups is 1. The van der Waals surface area contributed by atoms with E-state index in [4.69, 9.17) is 9.72 Å². The second-order valence-electron chi connectivity index (χ2n) is 8.85. The van der Waals surface area contributed by atoms with Crippen LogP contribution in [0.1, 0.15) is 43.5 Å². The Hall–Kier alpha value is -3.30. The monoisotopic (exact) mass is 503 g/mol. The van der Waals surface area contributed by atoms with Gasteiger partial charge in [-0.05, 0) is 36.9 Å². The molecule has 1 atom stereocenters. The SMILES string of the molecule is CCSc1ccc(-c2ccc3c(n2)Oc2nc(C)ccc2[C@@H]3C(C)(C)C(=O)Nc2nncs2)cc1. The molecular weight excluding hydrogens is 478 g/mol. The molecule has 3 aromatic heterocycles. The van der Waals surface area contributed by atoms with Gasteiger partial charge in [0.05, 0.1) is 11.1 Å². The van der Waals surface area contributed by atoms with Gasteiger partial charge in [0.1, 0.15) is 5.51 Å². The number of rotatable bonds is 6. The lowest BCUT2D eigenvalue weighted by molar-refractivity contribution is -0.124. The molecule has 0 spiro atoms. The first kappa shape index (κ1) is 23.4. The van der Waals surface area contributed by atoms with Gasteiger partial charge >= 0.3 is 0 Å². The molecule has 1 aromatic carbocycles. The first-order valence-electron chi connectivity index (χ1n) is 11.3. The first-order valence-corrected chi connectivity index (χ1v) is 13.2. The zero-order valence-electron chi connectivity index (χ0n) is 19.9. The lowest BCUT2D eigenvalue weighted by Gasteiger charge is -2.37. The summed E-state index contributed by atoms with van der Waals surface area (Å²) < 4.78 is 6.22. The van der Waals surface area contributed by atoms with Crippen molar-refractivity contribution in [1.82, 2.24) is 20.2 Å². The second kappa shape index (κ2) is 9.39. The predicted octanol–water partition coefficient (Wildman–Crippen LogP) is 6.32. The molecule has 1 aliphatic rings. The van der Waals surface area contributed by atoms with Crippen molar-refractivity contribution in [2.24, 2.45) is 5.41 Å². The van der Waals surface area contributed by atoms with Crippen LogP contribution in [0.15, 0.2) is 58.9 Å². The Bertz CT molecular complexity index is 1370. The lowest BCUT2D eigenvalue weighted by atomic mass is 9.70. The van der Waals surface area contributed by atoms with Gasteiger partial charge in [-0.2, -0.15) is 0 Å². The summed E-state index contributed by atoms with van der Waals surface area (Å²) in [5, 5.41) is 11.2. The van der Waals surface area contributed by atoms with E-state index in [0.717, 1.165) is 33.8 Å². The average Bonchev–Trinajstić information content (AvgIpc) is 3.35. The molecule has 0 unspecified atom stereocenters. The topological polar surface area (TPSA) is 89.9 Å². The molecule has 7 nitrogen and oxygen atoms in total. The quantitative estimate of drug-likeness (QED) is 0.308. The third-order valence-electron chi connectivity index (χ3n) is 6.08. The molecule has 4 aromatic rings. The fourth-order valence-electron chi connectivity index (χ4n) is 4.30. The number of amides is 1. The van der Waals surface area contributed by atoms with Crippen molar-refractivity contribution in [3.8, 4) is 23.0 Å². The van der Waals surface area contributed by atoms with E-state index >= 15 is 0 Å². The van der Waals surface area contributed by atoms with Crippen LogP contribution in [0.3, 0.4) is 0 Å². The molecule has 0 bridgehead atoms. The van der Waals surface area contributed by atoms with Crippen LogP contribution in [-0.2, 0) is 4.79 Å². The fourth-order valence-corrected chi connectivity index (χ4v) is 5.40. The zero-order chi connectivity index (χ0) is 24.6. The largest absolute Gasteiger partial charge is 0.420 e. The summed E-state index contributed by atoms with van der Waals surface area (Å²) in [4.78, 5) is 24.2. The number of hydrogen-bond acceptors (Lipinski definition) is 8. The Morgan fingerprint density at radius 3 is 2.46 bits per heavy atom. The van der Waals surface area contributed by atoms with Gasteiger partial charge in [0.2, 0.25) is 22.8 Å². The summed E-state index contributed by atoms with van der Waals surface area (Å²) >= 11 is 3.09. The van der Waals surface area contributed by atoms with E-state index in [1.807, 2.05) is 45.0 Å². The van der Waals surface area contributed by atoms with E-state index in [9.17, 15) is 4.79 Å². The number of fused-ring (bicyclic) bond motifs is 2. The number of nitrogens with zero attached hydrogens (tertiary/aromatic N) is 4. The fraction of sp³-hybridized carbons (Fsp3) is 0.269. The summed E-state index contributed by atoms with van der Waals surface area (Å²) in [7, 11) is 0. The normalized spacial score (nSPS) is 14.6. The van der Waals surface area contributed by atoms with Gasteiger partial charge in [-0.15, -0.1) is 22.0 Å². The number of anilines is 1. The highest BCUT2D eigenvalue weighted by atomic mass is 32.2. The molecule has 1 N–H and O–H groups in total. The summed E-state index contributed by atoms with van der Waals surface area (Å²) in [5.74, 6) is 1.51. The van der Waals surface area contributed by atoms with Crippen molar-refractivity contribution in [2.45, 2.75) is 38.5 Å². The predicted molar refractivity (Wildman–Crippen MR) is 139 cm³/mol. The zero-order valence-corrected chi connectivity index (χ0v) is 21.5. The van der Waals surface area contributed by atoms with Gasteiger partial charge < -0.3 is 10.1 Å². The average molecular weight is 504 g/mol. The summed E-state index contributed by atoms with van der Waals surface area (Å²) in [6.45, 7) is 7.90. The van der Waals surface area contributed by atoms with Gasteiger partial charge in [0.15, 0.2) is 0 Å². The molecule has 178 valence electrons. The van der Waals surface area contributed by atoms with Gasteiger partial charge in [0.25, 0.3) is 0 Å². The third kappa shape index (κ3) is 4.53. The van der Waals surface area contributed by atoms with E-state index in [1.165, 1.54) is 16.2 Å². The number of carbonyl (C=O) groups is 1. The maximum Gasteiger partial charge on any atom is 0.232 e. The lowest BCUT2D eigenvalue weighted by Crippen LogP contribution is -2.38. The molecule has 4 heterocycles. The van der Waals surface area contributed by atoms with E-state index in [0.29, 0.717) is 16.9 Å². The van der Waals surface area contributed by atoms with Gasteiger partial charge in [-0.3, -0.25) is 4.79 Å². The van der Waals surface area contributed by atoms with Crippen molar-refractivity contribution < 1.29 is 9.53 Å². The van der Waals surface area contributed by atoms with E-state index in [-0.39, 0.29) is 11.8 Å². The van der Waals surface area contributed by atoms with Crippen LogP contribution in [0.25, 0.3) is 11.3 Å². The van der Waals surface area contributed by atoms with E-state index < -0.39 is 5.41 Å². The maximum atomic E-state index is 13.4. The van der Waals surface area contributed by atoms with Gasteiger partial charge in [-0.25, -0.2) is 9.97 Å². The first-order chi connectivity index (χ1) is 16.9. The molecular formula is C26H25N5O2S2. The van der Waals surface area contributed by atoms with Crippen LogP contribution in [0.5, 0.6) is 11.8 Å². The smallest absolute Gasteiger partial charge is 0.232 e. The molecule has 9 heteroatoms. The minimum atomic E-state index is -0.849. The summed E-state index contributed by atoms with van der Waals surface area (Å²) in [5.41, 5.74) is 5.10. The number of ether oxygens (including phenoxy) is 1. The van der Waals surface area contributed by atoms with Crippen LogP contribution in [0.4, 0.5) is 5.13 Å². The van der Waals surface area contributed by atoms with Crippen LogP contribution in [0.2, 0.25) is 0 Å². The summed E-state index contributed by atoms with van der Waals surface area (Å²) in [6, 6.07) is 16.3. The van der Waals surface area contributed by atoms with Crippen molar-refractivity contribution in [3.05, 3.63) is 70.9 Å². The second-order valence-corrected chi connectivity index (χ2v) is 11.0. The van der Waals surface area contributed by atoms with Crippen LogP contribution in [0, 0.1) is 12.3 Å². The van der Waals surface area contributed by atoms with Crippen LogP contribution >= 0.6 is 23.1 Å². The minimum Gasteiger partial charge on any atom is -0.420 e. The number of aromatic nitrogens is 4. The molecule has 0 aliphatic carbocycles. The highest BCUT2D eigenvalue weighted by Gasteiger charge is 2.45. The number of benzene rings is 1. The number of carbonyl (C=O) groups excluding carboxylic acids is 1.